The summed E-state index contributed by atoms with van der Waals surface area (Å²) in [4.78, 5) is 0. The molecule has 4 heteroatoms. The zero-order valence-electron chi connectivity index (χ0n) is 12.5. The summed E-state index contributed by atoms with van der Waals surface area (Å²) in [5.41, 5.74) is 3.55. The molecule has 0 fully saturated rings. The molecule has 0 aliphatic heterocycles. The summed E-state index contributed by atoms with van der Waals surface area (Å²) in [6.45, 7) is 5.96. The fourth-order valence-electron chi connectivity index (χ4n) is 2.35. The molecule has 2 aromatic heterocycles. The van der Waals surface area contributed by atoms with E-state index in [0.29, 0.717) is 12.5 Å². The van der Waals surface area contributed by atoms with Crippen molar-refractivity contribution in [2.24, 2.45) is 0 Å². The van der Waals surface area contributed by atoms with Gasteiger partial charge in [0, 0.05) is 12.7 Å². The normalized spacial score (nSPS) is 11.4. The lowest BCUT2D eigenvalue weighted by molar-refractivity contribution is 0.656. The molecule has 108 valence electrons. The minimum Gasteiger partial charge on any atom is -0.306 e. The molecule has 0 spiro atoms. The fraction of sp³-hybridized carbons (Fsp3) is 0.294. The molecule has 4 nitrogen and oxygen atoms in total. The second-order valence-electron chi connectivity index (χ2n) is 5.54. The summed E-state index contributed by atoms with van der Waals surface area (Å²) in [6.07, 6.45) is 1.99. The molecule has 0 radical (unpaired) electrons. The second-order valence-corrected chi connectivity index (χ2v) is 5.54. The zero-order valence-corrected chi connectivity index (χ0v) is 12.5. The van der Waals surface area contributed by atoms with Crippen LogP contribution in [-0.2, 0) is 13.1 Å². The monoisotopic (exact) mass is 280 g/mol. The van der Waals surface area contributed by atoms with Crippen molar-refractivity contribution >= 4 is 5.65 Å². The quantitative estimate of drug-likeness (QED) is 0.780. The summed E-state index contributed by atoms with van der Waals surface area (Å²) in [5.74, 6) is 1.51. The van der Waals surface area contributed by atoms with Crippen LogP contribution in [0.15, 0.2) is 48.7 Å². The third kappa shape index (κ3) is 3.11. The average Bonchev–Trinajstić information content (AvgIpc) is 2.91. The van der Waals surface area contributed by atoms with Crippen LogP contribution in [0.5, 0.6) is 0 Å². The van der Waals surface area contributed by atoms with Crippen molar-refractivity contribution in [3.05, 3.63) is 65.6 Å². The third-order valence-electron chi connectivity index (χ3n) is 3.64. The van der Waals surface area contributed by atoms with Crippen molar-refractivity contribution < 1.29 is 0 Å². The van der Waals surface area contributed by atoms with Crippen LogP contribution in [0.3, 0.4) is 0 Å². The van der Waals surface area contributed by atoms with Gasteiger partial charge in [-0.15, -0.1) is 10.2 Å². The molecule has 1 aromatic carbocycles. The summed E-state index contributed by atoms with van der Waals surface area (Å²) < 4.78 is 2.01. The molecule has 0 atom stereocenters. The fourth-order valence-corrected chi connectivity index (χ4v) is 2.35. The molecule has 0 bridgehead atoms. The van der Waals surface area contributed by atoms with E-state index in [0.717, 1.165) is 18.0 Å². The molecule has 0 aliphatic rings. The molecular formula is C17H20N4. The number of rotatable bonds is 5. The maximum atomic E-state index is 4.21. The van der Waals surface area contributed by atoms with Crippen LogP contribution in [0.25, 0.3) is 5.65 Å². The van der Waals surface area contributed by atoms with E-state index in [4.69, 9.17) is 0 Å². The molecule has 21 heavy (non-hydrogen) atoms. The van der Waals surface area contributed by atoms with Gasteiger partial charge in [0.1, 0.15) is 0 Å². The SMILES string of the molecule is CC(C)c1ccc(CNCc2nnc3ccccn23)cc1. The van der Waals surface area contributed by atoms with E-state index in [-0.39, 0.29) is 0 Å². The summed E-state index contributed by atoms with van der Waals surface area (Å²) in [6, 6.07) is 14.7. The molecule has 0 unspecified atom stereocenters. The largest absolute Gasteiger partial charge is 0.306 e. The van der Waals surface area contributed by atoms with Crippen LogP contribution in [0, 0.1) is 0 Å². The predicted octanol–water partition coefficient (Wildman–Crippen LogP) is 3.14. The van der Waals surface area contributed by atoms with Crippen LogP contribution in [0.2, 0.25) is 0 Å². The van der Waals surface area contributed by atoms with Gasteiger partial charge in [0.25, 0.3) is 0 Å². The molecule has 0 aliphatic carbocycles. The molecule has 3 rings (SSSR count). The molecule has 0 amide bonds. The Hall–Kier alpha value is -2.20. The van der Waals surface area contributed by atoms with Crippen molar-refractivity contribution in [1.29, 1.82) is 0 Å². The van der Waals surface area contributed by atoms with Crippen molar-refractivity contribution in [2.45, 2.75) is 32.9 Å². The smallest absolute Gasteiger partial charge is 0.160 e. The number of aromatic nitrogens is 3. The molecule has 1 N–H and O–H groups in total. The Kier molecular flexibility index (Phi) is 3.97. The van der Waals surface area contributed by atoms with Gasteiger partial charge in [-0.1, -0.05) is 44.2 Å². The van der Waals surface area contributed by atoms with Gasteiger partial charge in [-0.25, -0.2) is 0 Å². The minimum absolute atomic E-state index is 0.578. The van der Waals surface area contributed by atoms with Gasteiger partial charge in [0.15, 0.2) is 11.5 Å². The average molecular weight is 280 g/mol. The first kappa shape index (κ1) is 13.8. The summed E-state index contributed by atoms with van der Waals surface area (Å²) in [5, 5.41) is 11.8. The van der Waals surface area contributed by atoms with Crippen LogP contribution in [0.4, 0.5) is 0 Å². The number of hydrogen-bond donors (Lipinski definition) is 1. The zero-order chi connectivity index (χ0) is 14.7. The van der Waals surface area contributed by atoms with Crippen molar-refractivity contribution in [3.8, 4) is 0 Å². The highest BCUT2D eigenvalue weighted by atomic mass is 15.3. The van der Waals surface area contributed by atoms with Crippen molar-refractivity contribution in [3.63, 3.8) is 0 Å². The van der Waals surface area contributed by atoms with E-state index >= 15 is 0 Å². The minimum atomic E-state index is 0.578. The number of fused-ring (bicyclic) bond motifs is 1. The maximum absolute atomic E-state index is 4.21. The van der Waals surface area contributed by atoms with Gasteiger partial charge >= 0.3 is 0 Å². The van der Waals surface area contributed by atoms with E-state index in [1.807, 2.05) is 28.8 Å². The highest BCUT2D eigenvalue weighted by Crippen LogP contribution is 2.14. The molecule has 0 saturated carbocycles. The van der Waals surface area contributed by atoms with Crippen LogP contribution >= 0.6 is 0 Å². The van der Waals surface area contributed by atoms with Gasteiger partial charge in [-0.05, 0) is 29.2 Å². The van der Waals surface area contributed by atoms with Gasteiger partial charge < -0.3 is 5.32 Å². The Morgan fingerprint density at radius 2 is 1.81 bits per heavy atom. The van der Waals surface area contributed by atoms with E-state index in [1.54, 1.807) is 0 Å². The number of hydrogen-bond acceptors (Lipinski definition) is 3. The Morgan fingerprint density at radius 1 is 1.00 bits per heavy atom. The first-order valence-corrected chi connectivity index (χ1v) is 7.32. The van der Waals surface area contributed by atoms with Crippen LogP contribution < -0.4 is 5.32 Å². The number of benzene rings is 1. The predicted molar refractivity (Wildman–Crippen MR) is 84.1 cm³/mol. The van der Waals surface area contributed by atoms with Crippen LogP contribution in [0.1, 0.15) is 36.7 Å². The van der Waals surface area contributed by atoms with E-state index in [2.05, 4.69) is 53.6 Å². The van der Waals surface area contributed by atoms with E-state index in [1.165, 1.54) is 11.1 Å². The Labute approximate surface area is 124 Å². The Balaban J connectivity index is 1.61. The summed E-state index contributed by atoms with van der Waals surface area (Å²) >= 11 is 0. The molecule has 3 aromatic rings. The summed E-state index contributed by atoms with van der Waals surface area (Å²) in [7, 11) is 0. The highest BCUT2D eigenvalue weighted by molar-refractivity contribution is 5.37. The Bertz CT molecular complexity index is 713. The number of nitrogens with zero attached hydrogens (tertiary/aromatic N) is 3. The first-order chi connectivity index (χ1) is 10.2. The molecular weight excluding hydrogens is 260 g/mol. The lowest BCUT2D eigenvalue weighted by Crippen LogP contribution is -2.15. The van der Waals surface area contributed by atoms with Crippen molar-refractivity contribution in [1.82, 2.24) is 19.9 Å². The lowest BCUT2D eigenvalue weighted by Gasteiger charge is -2.07. The van der Waals surface area contributed by atoms with Gasteiger partial charge in [0.2, 0.25) is 0 Å². The second kappa shape index (κ2) is 6.06. The van der Waals surface area contributed by atoms with Gasteiger partial charge in [-0.3, -0.25) is 4.40 Å². The van der Waals surface area contributed by atoms with E-state index in [9.17, 15) is 0 Å². The van der Waals surface area contributed by atoms with Crippen molar-refractivity contribution in [2.75, 3.05) is 0 Å². The van der Waals surface area contributed by atoms with Crippen LogP contribution in [-0.4, -0.2) is 14.6 Å². The number of pyridine rings is 1. The van der Waals surface area contributed by atoms with Gasteiger partial charge in [0.05, 0.1) is 6.54 Å². The topological polar surface area (TPSA) is 42.2 Å². The molecule has 2 heterocycles. The highest BCUT2D eigenvalue weighted by Gasteiger charge is 2.04. The van der Waals surface area contributed by atoms with Gasteiger partial charge in [-0.2, -0.15) is 0 Å². The Morgan fingerprint density at radius 3 is 2.57 bits per heavy atom. The lowest BCUT2D eigenvalue weighted by atomic mass is 10.0. The van der Waals surface area contributed by atoms with E-state index < -0.39 is 0 Å². The third-order valence-corrected chi connectivity index (χ3v) is 3.64. The first-order valence-electron chi connectivity index (χ1n) is 7.32. The number of nitrogens with one attached hydrogen (secondary N) is 1. The maximum Gasteiger partial charge on any atom is 0.160 e. The standard InChI is InChI=1S/C17H20N4/c1-13(2)15-8-6-14(7-9-15)11-18-12-17-20-19-16-5-3-4-10-21(16)17/h3-10,13,18H,11-12H2,1-2H3. The molecule has 0 saturated heterocycles.